The Morgan fingerprint density at radius 3 is 2.79 bits per heavy atom. The lowest BCUT2D eigenvalue weighted by atomic mass is 10.2. The van der Waals surface area contributed by atoms with E-state index in [1.165, 1.54) is 12.1 Å². The molecular formula is C10H13F2NO. The Bertz CT molecular complexity index is 304. The van der Waals surface area contributed by atoms with E-state index in [4.69, 9.17) is 0 Å². The number of anilines is 1. The fourth-order valence-electron chi connectivity index (χ4n) is 1.01. The lowest BCUT2D eigenvalue weighted by Crippen LogP contribution is -2.18. The van der Waals surface area contributed by atoms with E-state index >= 15 is 0 Å². The number of nitrogens with one attached hydrogen (secondary N) is 1. The van der Waals surface area contributed by atoms with Gasteiger partial charge >= 0.3 is 0 Å². The first-order valence-electron chi connectivity index (χ1n) is 4.51. The monoisotopic (exact) mass is 201 g/mol. The maximum absolute atomic E-state index is 13.0. The number of hydrogen-bond acceptors (Lipinski definition) is 2. The average Bonchev–Trinajstić information content (AvgIpc) is 2.20. The minimum absolute atomic E-state index is 0.0810. The molecule has 0 saturated carbocycles. The maximum Gasteiger partial charge on any atom is 0.181 e. The molecule has 0 spiro atoms. The number of hydrogen-bond donors (Lipinski definition) is 2. The first kappa shape index (κ1) is 10.9. The van der Waals surface area contributed by atoms with Gasteiger partial charge in [0.25, 0.3) is 0 Å². The van der Waals surface area contributed by atoms with Gasteiger partial charge in [0.05, 0.1) is 11.8 Å². The van der Waals surface area contributed by atoms with Crippen molar-refractivity contribution in [3.8, 4) is 0 Å². The Labute approximate surface area is 81.6 Å². The van der Waals surface area contributed by atoms with Crippen molar-refractivity contribution in [3.05, 3.63) is 29.8 Å². The third kappa shape index (κ3) is 2.67. The van der Waals surface area contributed by atoms with Crippen LogP contribution in [0.25, 0.3) is 0 Å². The zero-order chi connectivity index (χ0) is 10.6. The Balaban J connectivity index is 2.63. The summed E-state index contributed by atoms with van der Waals surface area (Å²) in [6.45, 7) is 2.03. The molecule has 1 rings (SSSR count). The quantitative estimate of drug-likeness (QED) is 0.782. The summed E-state index contributed by atoms with van der Waals surface area (Å²) < 4.78 is 25.7. The van der Waals surface area contributed by atoms with Gasteiger partial charge in [-0.3, -0.25) is 0 Å². The molecule has 4 heteroatoms. The van der Waals surface area contributed by atoms with E-state index < -0.39 is 17.7 Å². The van der Waals surface area contributed by atoms with Crippen LogP contribution in [0.1, 0.15) is 13.3 Å². The topological polar surface area (TPSA) is 32.3 Å². The second kappa shape index (κ2) is 4.91. The Morgan fingerprint density at radius 2 is 2.14 bits per heavy atom. The molecule has 0 heterocycles. The lowest BCUT2D eigenvalue weighted by molar-refractivity contribution is 0.183. The summed E-state index contributed by atoms with van der Waals surface area (Å²) in [4.78, 5) is 0. The average molecular weight is 201 g/mol. The molecule has 78 valence electrons. The van der Waals surface area contributed by atoms with E-state index in [9.17, 15) is 13.9 Å². The molecule has 0 bridgehead atoms. The molecule has 2 N–H and O–H groups in total. The van der Waals surface area contributed by atoms with Crippen molar-refractivity contribution in [1.82, 2.24) is 0 Å². The molecule has 0 radical (unpaired) electrons. The summed E-state index contributed by atoms with van der Waals surface area (Å²) in [6, 6.07) is 3.90. The molecule has 1 unspecified atom stereocenters. The summed E-state index contributed by atoms with van der Waals surface area (Å²) in [7, 11) is 0. The summed E-state index contributed by atoms with van der Waals surface area (Å²) in [6.07, 6.45) is 0.0295. The molecule has 0 amide bonds. The molecule has 0 aromatic heterocycles. The number of halogens is 2. The molecular weight excluding hydrogens is 188 g/mol. The summed E-state index contributed by atoms with van der Waals surface area (Å²) in [5, 5.41) is 11.8. The highest BCUT2D eigenvalue weighted by Gasteiger charge is 2.08. The molecule has 0 aliphatic heterocycles. The van der Waals surface area contributed by atoms with E-state index in [-0.39, 0.29) is 12.2 Å². The normalized spacial score (nSPS) is 12.6. The van der Waals surface area contributed by atoms with Gasteiger partial charge in [-0.1, -0.05) is 13.0 Å². The molecule has 0 aliphatic carbocycles. The van der Waals surface area contributed by atoms with Crippen LogP contribution in [0.4, 0.5) is 14.5 Å². The van der Waals surface area contributed by atoms with Crippen molar-refractivity contribution in [2.45, 2.75) is 19.4 Å². The van der Waals surface area contributed by atoms with Crippen LogP contribution < -0.4 is 5.32 Å². The third-order valence-corrected chi connectivity index (χ3v) is 1.95. The molecule has 0 aliphatic rings. The number of rotatable bonds is 4. The highest BCUT2D eigenvalue weighted by molar-refractivity contribution is 5.44. The van der Waals surface area contributed by atoms with Crippen molar-refractivity contribution in [2.24, 2.45) is 0 Å². The molecule has 1 aromatic carbocycles. The zero-order valence-electron chi connectivity index (χ0n) is 7.93. The van der Waals surface area contributed by atoms with E-state index in [2.05, 4.69) is 5.32 Å². The molecule has 1 atom stereocenters. The van der Waals surface area contributed by atoms with Crippen LogP contribution >= 0.6 is 0 Å². The van der Waals surface area contributed by atoms with Gasteiger partial charge in [0, 0.05) is 6.54 Å². The Hall–Kier alpha value is -1.16. The highest BCUT2D eigenvalue weighted by Crippen LogP contribution is 2.16. The van der Waals surface area contributed by atoms with E-state index in [1.807, 2.05) is 6.92 Å². The first-order chi connectivity index (χ1) is 6.65. The van der Waals surface area contributed by atoms with Crippen molar-refractivity contribution in [2.75, 3.05) is 11.9 Å². The smallest absolute Gasteiger partial charge is 0.181 e. The molecule has 0 fully saturated rings. The van der Waals surface area contributed by atoms with Crippen LogP contribution in [0.2, 0.25) is 0 Å². The maximum atomic E-state index is 13.0. The summed E-state index contributed by atoms with van der Waals surface area (Å²) >= 11 is 0. The van der Waals surface area contributed by atoms with Crippen LogP contribution in [0.3, 0.4) is 0 Å². The van der Waals surface area contributed by atoms with Gasteiger partial charge < -0.3 is 10.4 Å². The Kier molecular flexibility index (Phi) is 3.83. The zero-order valence-corrected chi connectivity index (χ0v) is 7.93. The molecule has 0 saturated heterocycles. The third-order valence-electron chi connectivity index (χ3n) is 1.95. The van der Waals surface area contributed by atoms with Gasteiger partial charge in [0.1, 0.15) is 0 Å². The first-order valence-corrected chi connectivity index (χ1v) is 4.51. The van der Waals surface area contributed by atoms with E-state index in [0.717, 1.165) is 6.07 Å². The molecule has 2 nitrogen and oxygen atoms in total. The number of benzene rings is 1. The van der Waals surface area contributed by atoms with Gasteiger partial charge in [0.15, 0.2) is 11.6 Å². The second-order valence-corrected chi connectivity index (χ2v) is 3.04. The van der Waals surface area contributed by atoms with Crippen LogP contribution in [0, 0.1) is 11.6 Å². The van der Waals surface area contributed by atoms with Gasteiger partial charge in [-0.15, -0.1) is 0 Å². The Morgan fingerprint density at radius 1 is 1.43 bits per heavy atom. The number of aliphatic hydroxyl groups is 1. The van der Waals surface area contributed by atoms with Crippen molar-refractivity contribution >= 4 is 5.69 Å². The minimum atomic E-state index is -0.907. The van der Waals surface area contributed by atoms with Crippen LogP contribution in [-0.2, 0) is 0 Å². The number of aliphatic hydroxyl groups excluding tert-OH is 1. The van der Waals surface area contributed by atoms with Gasteiger partial charge in [-0.2, -0.15) is 0 Å². The van der Waals surface area contributed by atoms with Gasteiger partial charge in [-0.25, -0.2) is 8.78 Å². The van der Waals surface area contributed by atoms with Crippen LogP contribution in [0.5, 0.6) is 0 Å². The van der Waals surface area contributed by atoms with Gasteiger partial charge in [0.2, 0.25) is 0 Å². The molecule has 14 heavy (non-hydrogen) atoms. The second-order valence-electron chi connectivity index (χ2n) is 3.04. The van der Waals surface area contributed by atoms with Crippen LogP contribution in [-0.4, -0.2) is 17.8 Å². The lowest BCUT2D eigenvalue weighted by Gasteiger charge is -2.11. The standard InChI is InChI=1S/C10H13F2NO/c1-2-7(14)6-13-9-5-3-4-8(11)10(9)12/h3-5,7,13-14H,2,6H2,1H3. The van der Waals surface area contributed by atoms with Crippen molar-refractivity contribution in [1.29, 1.82) is 0 Å². The summed E-state index contributed by atoms with van der Waals surface area (Å²) in [5.74, 6) is -1.79. The van der Waals surface area contributed by atoms with Crippen molar-refractivity contribution < 1.29 is 13.9 Å². The molecule has 1 aromatic rings. The predicted octanol–water partition coefficient (Wildman–Crippen LogP) is 2.15. The fourth-order valence-corrected chi connectivity index (χ4v) is 1.01. The minimum Gasteiger partial charge on any atom is -0.391 e. The highest BCUT2D eigenvalue weighted by atomic mass is 19.2. The predicted molar refractivity (Wildman–Crippen MR) is 51.1 cm³/mol. The van der Waals surface area contributed by atoms with E-state index in [1.54, 1.807) is 0 Å². The van der Waals surface area contributed by atoms with Crippen molar-refractivity contribution in [3.63, 3.8) is 0 Å². The van der Waals surface area contributed by atoms with Crippen LogP contribution in [0.15, 0.2) is 18.2 Å². The van der Waals surface area contributed by atoms with E-state index in [0.29, 0.717) is 6.42 Å². The van der Waals surface area contributed by atoms with Gasteiger partial charge in [-0.05, 0) is 18.6 Å². The SMILES string of the molecule is CCC(O)CNc1cccc(F)c1F. The fraction of sp³-hybridized carbons (Fsp3) is 0.400. The summed E-state index contributed by atoms with van der Waals surface area (Å²) in [5.41, 5.74) is 0.0810. The largest absolute Gasteiger partial charge is 0.391 e.